The molecule has 0 saturated carbocycles. The average molecular weight is 442 g/mol. The van der Waals surface area contributed by atoms with Gasteiger partial charge in [-0.15, -0.1) is 24.8 Å². The highest BCUT2D eigenvalue weighted by Gasteiger charge is 2.24. The second kappa shape index (κ2) is 11.5. The monoisotopic (exact) mass is 441 g/mol. The Balaban J connectivity index is 0.00000210. The highest BCUT2D eigenvalue weighted by atomic mass is 35.5. The minimum Gasteiger partial charge on any atom is -0.354 e. The van der Waals surface area contributed by atoms with Crippen LogP contribution in [0.1, 0.15) is 13.3 Å². The van der Waals surface area contributed by atoms with Gasteiger partial charge in [-0.1, -0.05) is 6.07 Å². The van der Waals surface area contributed by atoms with E-state index in [2.05, 4.69) is 27.0 Å². The number of halogens is 2. The fraction of sp³-hybridized carbons (Fsp3) is 0.368. The molecule has 1 saturated heterocycles. The average Bonchev–Trinajstić information content (AvgIpc) is 2.68. The Morgan fingerprint density at radius 2 is 1.93 bits per heavy atom. The lowest BCUT2D eigenvalue weighted by Gasteiger charge is -2.40. The lowest BCUT2D eigenvalue weighted by molar-refractivity contribution is -0.384. The Morgan fingerprint density at radius 3 is 2.52 bits per heavy atom. The lowest BCUT2D eigenvalue weighted by atomic mass is 10.1. The standard InChI is InChI=1S/C19H23N5O3.2ClH/c1-15-14-23(18-4-2-3-10-20-18)13-12-22(15)11-9-19(25)21-16-5-7-17(8-6-16)24(26)27;;/h2-8,10,15H,9,11-14H2,1H3,(H,21,25);2*1H. The molecule has 0 spiro atoms. The molecule has 0 aliphatic carbocycles. The van der Waals surface area contributed by atoms with Crippen molar-refractivity contribution in [2.45, 2.75) is 19.4 Å². The molecule has 1 unspecified atom stereocenters. The third-order valence-electron chi connectivity index (χ3n) is 4.73. The van der Waals surface area contributed by atoms with Gasteiger partial charge >= 0.3 is 0 Å². The van der Waals surface area contributed by atoms with E-state index in [0.29, 0.717) is 24.7 Å². The number of non-ortho nitro benzene ring substituents is 1. The van der Waals surface area contributed by atoms with E-state index >= 15 is 0 Å². The highest BCUT2D eigenvalue weighted by molar-refractivity contribution is 5.90. The predicted octanol–water partition coefficient (Wildman–Crippen LogP) is 3.37. The molecule has 29 heavy (non-hydrogen) atoms. The van der Waals surface area contributed by atoms with Crippen LogP contribution in [-0.2, 0) is 4.79 Å². The van der Waals surface area contributed by atoms with Crippen LogP contribution in [0.25, 0.3) is 0 Å². The number of benzene rings is 1. The summed E-state index contributed by atoms with van der Waals surface area (Å²) in [4.78, 5) is 31.3. The van der Waals surface area contributed by atoms with Gasteiger partial charge in [0, 0.05) is 62.7 Å². The van der Waals surface area contributed by atoms with Crippen LogP contribution >= 0.6 is 24.8 Å². The molecule has 2 heterocycles. The molecule has 1 aliphatic rings. The summed E-state index contributed by atoms with van der Waals surface area (Å²) in [5.41, 5.74) is 0.575. The smallest absolute Gasteiger partial charge is 0.269 e. The van der Waals surface area contributed by atoms with E-state index in [0.717, 1.165) is 25.5 Å². The normalized spacial score (nSPS) is 16.3. The Hall–Kier alpha value is -2.42. The molecular formula is C19H25Cl2N5O3. The summed E-state index contributed by atoms with van der Waals surface area (Å²) in [6, 6.07) is 12.1. The number of nitrogens with zero attached hydrogens (tertiary/aromatic N) is 4. The number of nitro groups is 1. The number of piperazine rings is 1. The second-order valence-electron chi connectivity index (χ2n) is 6.62. The number of hydrogen-bond donors (Lipinski definition) is 1. The van der Waals surface area contributed by atoms with E-state index in [4.69, 9.17) is 0 Å². The van der Waals surface area contributed by atoms with E-state index in [1.54, 1.807) is 18.3 Å². The summed E-state index contributed by atoms with van der Waals surface area (Å²) < 4.78 is 0. The van der Waals surface area contributed by atoms with Crippen molar-refractivity contribution in [2.75, 3.05) is 36.4 Å². The molecule has 1 fully saturated rings. The molecular weight excluding hydrogens is 417 g/mol. The van der Waals surface area contributed by atoms with E-state index in [9.17, 15) is 14.9 Å². The van der Waals surface area contributed by atoms with Gasteiger partial charge in [0.2, 0.25) is 5.91 Å². The number of anilines is 2. The molecule has 0 radical (unpaired) electrons. The van der Waals surface area contributed by atoms with Crippen LogP contribution in [0.3, 0.4) is 0 Å². The van der Waals surface area contributed by atoms with Crippen LogP contribution in [0.2, 0.25) is 0 Å². The Kier molecular flexibility index (Phi) is 9.80. The number of carbonyl (C=O) groups is 1. The van der Waals surface area contributed by atoms with Crippen LogP contribution < -0.4 is 10.2 Å². The van der Waals surface area contributed by atoms with E-state index in [-0.39, 0.29) is 36.4 Å². The lowest BCUT2D eigenvalue weighted by Crippen LogP contribution is -2.52. The zero-order valence-corrected chi connectivity index (χ0v) is 17.7. The van der Waals surface area contributed by atoms with E-state index in [1.807, 2.05) is 18.2 Å². The van der Waals surface area contributed by atoms with Gasteiger partial charge in [0.1, 0.15) is 5.82 Å². The number of rotatable bonds is 6. The number of nitrogens with one attached hydrogen (secondary N) is 1. The molecule has 1 amide bonds. The number of hydrogen-bond acceptors (Lipinski definition) is 6. The number of nitro benzene ring substituents is 1. The molecule has 10 heteroatoms. The Morgan fingerprint density at radius 1 is 1.21 bits per heavy atom. The Bertz CT molecular complexity index is 792. The highest BCUT2D eigenvalue weighted by Crippen LogP contribution is 2.18. The molecule has 0 bridgehead atoms. The minimum atomic E-state index is -0.461. The van der Waals surface area contributed by atoms with Gasteiger partial charge in [-0.2, -0.15) is 0 Å². The van der Waals surface area contributed by atoms with Gasteiger partial charge < -0.3 is 10.2 Å². The van der Waals surface area contributed by atoms with Gasteiger partial charge in [0.15, 0.2) is 0 Å². The van der Waals surface area contributed by atoms with Crippen molar-refractivity contribution >= 4 is 47.9 Å². The summed E-state index contributed by atoms with van der Waals surface area (Å²) >= 11 is 0. The largest absolute Gasteiger partial charge is 0.354 e. The number of pyridine rings is 1. The first kappa shape index (κ1) is 24.6. The van der Waals surface area contributed by atoms with Crippen LogP contribution in [0.4, 0.5) is 17.2 Å². The molecule has 1 atom stereocenters. The summed E-state index contributed by atoms with van der Waals surface area (Å²) in [5, 5.41) is 13.5. The van der Waals surface area contributed by atoms with Crippen LogP contribution in [0.15, 0.2) is 48.7 Å². The van der Waals surface area contributed by atoms with Crippen molar-refractivity contribution in [1.82, 2.24) is 9.88 Å². The summed E-state index contributed by atoms with van der Waals surface area (Å²) in [6.07, 6.45) is 2.18. The first-order chi connectivity index (χ1) is 13.0. The molecule has 1 aromatic carbocycles. The third kappa shape index (κ3) is 6.85. The van der Waals surface area contributed by atoms with Crippen molar-refractivity contribution in [3.8, 4) is 0 Å². The molecule has 1 aromatic heterocycles. The van der Waals surface area contributed by atoms with Crippen molar-refractivity contribution in [1.29, 1.82) is 0 Å². The van der Waals surface area contributed by atoms with Crippen molar-refractivity contribution in [3.05, 3.63) is 58.8 Å². The van der Waals surface area contributed by atoms with Crippen LogP contribution in [0.5, 0.6) is 0 Å². The van der Waals surface area contributed by atoms with Gasteiger partial charge in [-0.25, -0.2) is 4.98 Å². The fourth-order valence-electron chi connectivity index (χ4n) is 3.21. The number of carbonyl (C=O) groups excluding carboxylic acids is 1. The molecule has 8 nitrogen and oxygen atoms in total. The summed E-state index contributed by atoms with van der Waals surface area (Å²) in [6.45, 7) is 5.47. The molecule has 1 aliphatic heterocycles. The molecule has 158 valence electrons. The zero-order valence-electron chi connectivity index (χ0n) is 16.1. The maximum Gasteiger partial charge on any atom is 0.269 e. The molecule has 1 N–H and O–H groups in total. The van der Waals surface area contributed by atoms with Crippen molar-refractivity contribution < 1.29 is 9.72 Å². The third-order valence-corrected chi connectivity index (χ3v) is 4.73. The minimum absolute atomic E-state index is 0. The quantitative estimate of drug-likeness (QED) is 0.545. The molecule has 3 rings (SSSR count). The van der Waals surface area contributed by atoms with Crippen molar-refractivity contribution in [3.63, 3.8) is 0 Å². The first-order valence-corrected chi connectivity index (χ1v) is 8.97. The fourth-order valence-corrected chi connectivity index (χ4v) is 3.21. The summed E-state index contributed by atoms with van der Waals surface area (Å²) in [7, 11) is 0. The van der Waals surface area contributed by atoms with Gasteiger partial charge in [-0.05, 0) is 31.2 Å². The molecule has 2 aromatic rings. The maximum absolute atomic E-state index is 12.2. The van der Waals surface area contributed by atoms with Crippen molar-refractivity contribution in [2.24, 2.45) is 0 Å². The van der Waals surface area contributed by atoms with Crippen LogP contribution in [-0.4, -0.2) is 52.9 Å². The zero-order chi connectivity index (χ0) is 19.2. The topological polar surface area (TPSA) is 91.6 Å². The van der Waals surface area contributed by atoms with E-state index in [1.165, 1.54) is 12.1 Å². The van der Waals surface area contributed by atoms with Crippen LogP contribution in [0, 0.1) is 10.1 Å². The SMILES string of the molecule is CC1CN(c2ccccn2)CCN1CCC(=O)Nc1ccc([N+](=O)[O-])cc1.Cl.Cl. The van der Waals surface area contributed by atoms with E-state index < -0.39 is 4.92 Å². The Labute approximate surface area is 182 Å². The number of amides is 1. The summed E-state index contributed by atoms with van der Waals surface area (Å²) in [5.74, 6) is 0.892. The van der Waals surface area contributed by atoms with Gasteiger partial charge in [-0.3, -0.25) is 19.8 Å². The maximum atomic E-state index is 12.2. The van der Waals surface area contributed by atoms with Gasteiger partial charge in [0.25, 0.3) is 5.69 Å². The first-order valence-electron chi connectivity index (χ1n) is 8.97. The van der Waals surface area contributed by atoms with Gasteiger partial charge in [0.05, 0.1) is 4.92 Å². The number of aromatic nitrogens is 1. The predicted molar refractivity (Wildman–Crippen MR) is 118 cm³/mol. The second-order valence-corrected chi connectivity index (χ2v) is 6.62.